The minimum Gasteiger partial charge on any atom is -0.487 e. The van der Waals surface area contributed by atoms with Crippen molar-refractivity contribution in [3.63, 3.8) is 0 Å². The molecule has 5 aliphatic heterocycles. The zero-order valence-electron chi connectivity index (χ0n) is 41.3. The zero-order chi connectivity index (χ0) is 50.4. The summed E-state index contributed by atoms with van der Waals surface area (Å²) < 4.78 is 89.3. The van der Waals surface area contributed by atoms with Crippen LogP contribution in [0.15, 0.2) is 36.4 Å². The van der Waals surface area contributed by atoms with Crippen molar-refractivity contribution in [2.75, 3.05) is 159 Å². The topological polar surface area (TPSA) is 270 Å². The third kappa shape index (κ3) is 13.2. The maximum absolute atomic E-state index is 6.36. The van der Waals surface area contributed by atoms with Gasteiger partial charge in [0.1, 0.15) is 62.8 Å². The van der Waals surface area contributed by atoms with Crippen molar-refractivity contribution < 1.29 is 87.5 Å². The van der Waals surface area contributed by atoms with Gasteiger partial charge in [-0.15, -0.1) is 0 Å². The molecule has 0 unspecified atom stereocenters. The van der Waals surface area contributed by atoms with Gasteiger partial charge in [-0.1, -0.05) is 0 Å². The summed E-state index contributed by atoms with van der Waals surface area (Å²) in [7, 11) is 0. The first-order valence-corrected chi connectivity index (χ1v) is 24.8. The Hall–Kier alpha value is -6.45. The van der Waals surface area contributed by atoms with Crippen LogP contribution in [-0.2, 0) is 59.1 Å². The molecule has 3 aromatic heterocycles. The molecule has 0 radical (unpaired) electrons. The number of nitrogens with zero attached hydrogens (tertiary/aromatic N) is 10. The van der Waals surface area contributed by atoms with Crippen molar-refractivity contribution in [3.05, 3.63) is 36.4 Å². The molecule has 8 bridgehead atoms. The molecule has 0 spiro atoms. The normalized spacial score (nSPS) is 18.1. The van der Waals surface area contributed by atoms with Gasteiger partial charge in [0.2, 0.25) is 0 Å². The SMILES string of the molecule is [Ni+2].c1c2c(cc3c1-c1nc-3nc3[n-]c(nc4nc(nc5nnc(n1)[n-]5)-c1cc5c(cc1-4)OCCOCCOCCOCCO5)c1cc4c(cc31)OCCOCCOCCOCCO4)OCCOCCOCCOCCO2. The molecular weight excluding hydrogens is 1040 g/mol. The first-order valence-electron chi connectivity index (χ1n) is 24.8. The van der Waals surface area contributed by atoms with E-state index in [0.29, 0.717) is 186 Å². The van der Waals surface area contributed by atoms with Gasteiger partial charge in [0.25, 0.3) is 0 Å². The zero-order valence-corrected chi connectivity index (χ0v) is 42.3. The van der Waals surface area contributed by atoms with Crippen LogP contribution < -0.4 is 38.4 Å². The van der Waals surface area contributed by atoms with E-state index in [0.717, 1.165) is 0 Å². The maximum Gasteiger partial charge on any atom is 2.00 e. The number of aromatic nitrogens is 10. The van der Waals surface area contributed by atoms with Crippen LogP contribution in [0.5, 0.6) is 34.5 Å². The summed E-state index contributed by atoms with van der Waals surface area (Å²) in [4.78, 5) is 39.6. The second-order valence-electron chi connectivity index (χ2n) is 16.8. The summed E-state index contributed by atoms with van der Waals surface area (Å²) in [6.45, 7) is 8.17. The largest absolute Gasteiger partial charge is 2.00 e. The van der Waals surface area contributed by atoms with Crippen LogP contribution in [0, 0.1) is 0 Å². The number of ether oxygens (including phenoxy) is 15. The summed E-state index contributed by atoms with van der Waals surface area (Å²) in [6, 6.07) is 10.8. The molecule has 0 aliphatic carbocycles. The van der Waals surface area contributed by atoms with Crippen molar-refractivity contribution in [2.24, 2.45) is 0 Å². The van der Waals surface area contributed by atoms with Gasteiger partial charge >= 0.3 is 16.5 Å². The van der Waals surface area contributed by atoms with Gasteiger partial charge in [0.15, 0.2) is 34.5 Å². The third-order valence-corrected chi connectivity index (χ3v) is 11.7. The fraction of sp³-hybridized carbons (Fsp3) is 0.480. The van der Waals surface area contributed by atoms with Gasteiger partial charge in [-0.2, -0.15) is 0 Å². The number of hydrogen-bond acceptors (Lipinski definition) is 23. The number of benzene rings is 3. The van der Waals surface area contributed by atoms with E-state index in [1.54, 1.807) is 24.3 Å². The average molecular weight is 1090 g/mol. The standard InChI is InChI=1S/C50H54N10O15.Ni/c1-7-64-13-19-70-37-25-31-32(26-38(37)71-20-14-65-8-2-61-1)44-51-43(31)52-45-33-27-39-41(74-23-17-68-11-5-62-3-9-66-15-21-72-39)29-35(33)47(54-45)56-49-58-50(60-59-49)57-48-36-30-42-40(28-34(36)46(53-44)55-48)73-22-16-67-10-4-63-6-12-69-18-24-75-42;/h25-30H,1-24H2;/q-2;+2. The van der Waals surface area contributed by atoms with Crippen molar-refractivity contribution in [2.45, 2.75) is 0 Å². The predicted molar refractivity (Wildman–Crippen MR) is 262 cm³/mol. The van der Waals surface area contributed by atoms with Crippen LogP contribution in [0.4, 0.5) is 0 Å². The molecule has 0 saturated heterocycles. The number of fused-ring (bicyclic) bond motifs is 20. The second-order valence-corrected chi connectivity index (χ2v) is 16.8. The van der Waals surface area contributed by atoms with E-state index in [9.17, 15) is 0 Å². The smallest absolute Gasteiger partial charge is 0.487 e. The van der Waals surface area contributed by atoms with E-state index in [2.05, 4.69) is 15.2 Å². The molecule has 76 heavy (non-hydrogen) atoms. The summed E-state index contributed by atoms with van der Waals surface area (Å²) in [6.07, 6.45) is 0. The molecular formula is C50H54N10NiO15. The molecule has 8 heterocycles. The molecule has 11 rings (SSSR count). The van der Waals surface area contributed by atoms with Crippen molar-refractivity contribution in [1.29, 1.82) is 0 Å². The van der Waals surface area contributed by atoms with E-state index in [1.807, 2.05) is 12.1 Å². The van der Waals surface area contributed by atoms with Gasteiger partial charge < -0.3 is 86.0 Å². The van der Waals surface area contributed by atoms with Crippen molar-refractivity contribution in [3.8, 4) is 80.0 Å². The monoisotopic (exact) mass is 1090 g/mol. The second kappa shape index (κ2) is 26.5. The minimum atomic E-state index is -0.0121. The quantitative estimate of drug-likeness (QED) is 0.197. The van der Waals surface area contributed by atoms with Crippen LogP contribution in [0.1, 0.15) is 0 Å². The summed E-state index contributed by atoms with van der Waals surface area (Å²) in [5.74, 6) is 3.48. The molecule has 5 aliphatic rings. The van der Waals surface area contributed by atoms with Gasteiger partial charge in [0.05, 0.1) is 131 Å². The first-order chi connectivity index (χ1) is 37.2. The molecule has 26 heteroatoms. The Labute approximate surface area is 444 Å². The summed E-state index contributed by atoms with van der Waals surface area (Å²) in [5.41, 5.74) is 2.75. The van der Waals surface area contributed by atoms with E-state index in [4.69, 9.17) is 106 Å². The summed E-state index contributed by atoms with van der Waals surface area (Å²) in [5, 5.41) is 9.71. The first kappa shape index (κ1) is 53.0. The Morgan fingerprint density at radius 2 is 0.500 bits per heavy atom. The number of rotatable bonds is 0. The van der Waals surface area contributed by atoms with Gasteiger partial charge in [-0.25, -0.2) is 20.2 Å². The van der Waals surface area contributed by atoms with Crippen LogP contribution in [-0.4, -0.2) is 199 Å². The van der Waals surface area contributed by atoms with E-state index in [1.165, 1.54) is 0 Å². The molecule has 0 atom stereocenters. The molecule has 404 valence electrons. The van der Waals surface area contributed by atoms with Crippen LogP contribution in [0.3, 0.4) is 0 Å². The van der Waals surface area contributed by atoms with E-state index >= 15 is 0 Å². The van der Waals surface area contributed by atoms with Crippen LogP contribution >= 0.6 is 0 Å². The van der Waals surface area contributed by atoms with Crippen molar-refractivity contribution in [1.82, 2.24) is 50.1 Å². The predicted octanol–water partition coefficient (Wildman–Crippen LogP) is 3.22. The molecule has 0 saturated carbocycles. The average Bonchev–Trinajstić information content (AvgIpc) is 4.20. The van der Waals surface area contributed by atoms with Gasteiger partial charge in [-0.05, 0) is 47.2 Å². The van der Waals surface area contributed by atoms with Gasteiger partial charge in [0, 0.05) is 33.5 Å². The molecule has 6 aromatic rings. The summed E-state index contributed by atoms with van der Waals surface area (Å²) >= 11 is 0. The van der Waals surface area contributed by atoms with Gasteiger partial charge in [-0.3, -0.25) is 15.0 Å². The third-order valence-electron chi connectivity index (χ3n) is 11.7. The Balaban J connectivity index is 0.00000657. The molecule has 0 fully saturated rings. The Morgan fingerprint density at radius 3 is 0.776 bits per heavy atom. The Kier molecular flexibility index (Phi) is 18.5. The van der Waals surface area contributed by atoms with E-state index in [-0.39, 0.29) is 102 Å². The number of hydrogen-bond donors (Lipinski definition) is 0. The minimum absolute atomic E-state index is 0. The molecule has 3 aromatic carbocycles. The molecule has 0 N–H and O–H groups in total. The van der Waals surface area contributed by atoms with E-state index < -0.39 is 0 Å². The fourth-order valence-corrected chi connectivity index (χ4v) is 8.24. The van der Waals surface area contributed by atoms with Crippen LogP contribution in [0.25, 0.3) is 79.2 Å². The maximum atomic E-state index is 6.36. The molecule has 25 nitrogen and oxygen atoms in total. The fourth-order valence-electron chi connectivity index (χ4n) is 8.24. The Morgan fingerprint density at radius 1 is 0.263 bits per heavy atom. The van der Waals surface area contributed by atoms with Crippen molar-refractivity contribution >= 4 is 33.6 Å². The Bertz CT molecular complexity index is 2900. The molecule has 0 amide bonds. The van der Waals surface area contributed by atoms with Crippen LogP contribution in [0.2, 0.25) is 0 Å².